The lowest BCUT2D eigenvalue weighted by Crippen LogP contribution is -2.40. The van der Waals surface area contributed by atoms with Crippen molar-refractivity contribution in [1.29, 1.82) is 0 Å². The first-order valence-corrected chi connectivity index (χ1v) is 11.4. The number of carbonyl (C=O) groups is 1. The third-order valence-corrected chi connectivity index (χ3v) is 6.26. The molecule has 0 saturated carbocycles. The number of hydrogen-bond donors (Lipinski definition) is 1. The molecule has 2 aliphatic rings. The minimum absolute atomic E-state index is 0.0830. The maximum absolute atomic E-state index is 12.4. The van der Waals surface area contributed by atoms with Crippen LogP contribution in [0.5, 0.6) is 0 Å². The summed E-state index contributed by atoms with van der Waals surface area (Å²) in [5.74, 6) is -0.111. The van der Waals surface area contributed by atoms with Gasteiger partial charge in [0, 0.05) is 35.9 Å². The van der Waals surface area contributed by atoms with E-state index in [9.17, 15) is 9.59 Å². The van der Waals surface area contributed by atoms with Gasteiger partial charge in [-0.3, -0.25) is 9.79 Å². The average molecular weight is 443 g/mol. The van der Waals surface area contributed by atoms with Crippen molar-refractivity contribution in [2.24, 2.45) is 10.9 Å². The molecule has 1 aromatic heterocycles. The van der Waals surface area contributed by atoms with Crippen LogP contribution in [-0.2, 0) is 16.7 Å². The lowest BCUT2D eigenvalue weighted by atomic mass is 9.63. The Morgan fingerprint density at radius 2 is 2.03 bits per heavy atom. The summed E-state index contributed by atoms with van der Waals surface area (Å²) in [4.78, 5) is 32.6. The number of aromatic amines is 1. The maximum atomic E-state index is 12.4. The topological polar surface area (TPSA) is 71.5 Å². The zero-order chi connectivity index (χ0) is 23.6. The molecule has 5 nitrogen and oxygen atoms in total. The third kappa shape index (κ3) is 4.40. The highest BCUT2D eigenvalue weighted by Gasteiger charge is 2.46. The molecule has 0 spiro atoms. The van der Waals surface area contributed by atoms with Crippen LogP contribution in [0.3, 0.4) is 0 Å². The number of fused-ring (bicyclic) bond motifs is 4. The van der Waals surface area contributed by atoms with Crippen LogP contribution in [0.15, 0.2) is 75.6 Å². The normalized spacial score (nSPS) is 23.2. The number of nitrogens with one attached hydrogen (secondary N) is 1. The van der Waals surface area contributed by atoms with Gasteiger partial charge >= 0.3 is 5.97 Å². The molecule has 5 heteroatoms. The molecule has 0 aliphatic heterocycles. The van der Waals surface area contributed by atoms with Crippen LogP contribution in [0.2, 0.25) is 0 Å². The second kappa shape index (κ2) is 9.18. The van der Waals surface area contributed by atoms with Gasteiger partial charge in [-0.05, 0) is 63.5 Å². The van der Waals surface area contributed by atoms with Gasteiger partial charge in [0.1, 0.15) is 5.54 Å². The van der Waals surface area contributed by atoms with Crippen molar-refractivity contribution < 1.29 is 9.53 Å². The van der Waals surface area contributed by atoms with Crippen LogP contribution in [0.4, 0.5) is 0 Å². The molecule has 2 aromatic rings. The number of rotatable bonds is 5. The number of hydrogen-bond acceptors (Lipinski definition) is 4. The van der Waals surface area contributed by atoms with E-state index in [0.29, 0.717) is 5.56 Å². The van der Waals surface area contributed by atoms with Crippen LogP contribution in [0.25, 0.3) is 6.08 Å². The zero-order valence-corrected chi connectivity index (χ0v) is 19.6. The minimum Gasteiger partial charge on any atom is -0.459 e. The number of ether oxygens (including phenoxy) is 1. The minimum atomic E-state index is -0.531. The molecule has 0 unspecified atom stereocenters. The van der Waals surface area contributed by atoms with E-state index in [1.165, 1.54) is 11.1 Å². The molecule has 2 bridgehead atoms. The molecule has 0 radical (unpaired) electrons. The molecule has 1 heterocycles. The van der Waals surface area contributed by atoms with E-state index in [1.54, 1.807) is 12.1 Å². The fourth-order valence-electron chi connectivity index (χ4n) is 5.08. The van der Waals surface area contributed by atoms with Crippen LogP contribution in [0, 0.1) is 5.92 Å². The second-order valence-electron chi connectivity index (χ2n) is 9.00. The van der Waals surface area contributed by atoms with E-state index >= 15 is 0 Å². The standard InChI is InChI=1S/C28H30N2O3/c1-5-23-21-15-19(4)17-28(23,24-12-13-26(31)30-25(24)16-21)29-14-8-10-20-9-6-7-11-22(20)27(32)33-18(2)3/h5-15,18,21H,16-17H2,1-4H3,(H,30,31)/b10-8+,23-5+,29-14+/t21-,28+/m0/s1. The third-order valence-electron chi connectivity index (χ3n) is 6.26. The second-order valence-corrected chi connectivity index (χ2v) is 9.00. The smallest absolute Gasteiger partial charge is 0.338 e. The quantitative estimate of drug-likeness (QED) is 0.383. The number of carbonyl (C=O) groups excluding carboxylic acids is 1. The molecule has 0 amide bonds. The van der Waals surface area contributed by atoms with Crippen molar-refractivity contribution in [3.8, 4) is 0 Å². The molecule has 1 N–H and O–H groups in total. The number of aromatic nitrogens is 1. The van der Waals surface area contributed by atoms with Gasteiger partial charge in [-0.25, -0.2) is 4.79 Å². The van der Waals surface area contributed by atoms with E-state index in [2.05, 4.69) is 31.0 Å². The first-order chi connectivity index (χ1) is 15.8. The van der Waals surface area contributed by atoms with Crippen molar-refractivity contribution in [3.63, 3.8) is 0 Å². The van der Waals surface area contributed by atoms with Gasteiger partial charge in [-0.1, -0.05) is 42.0 Å². The van der Waals surface area contributed by atoms with Crippen molar-refractivity contribution in [2.45, 2.75) is 52.2 Å². The largest absolute Gasteiger partial charge is 0.459 e. The van der Waals surface area contributed by atoms with Crippen LogP contribution in [-0.4, -0.2) is 23.3 Å². The van der Waals surface area contributed by atoms with Gasteiger partial charge in [0.15, 0.2) is 0 Å². The number of benzene rings is 1. The molecule has 2 atom stereocenters. The lowest BCUT2D eigenvalue weighted by molar-refractivity contribution is 0.0377. The maximum Gasteiger partial charge on any atom is 0.338 e. The number of allylic oxidation sites excluding steroid dienone is 3. The Hall–Kier alpha value is -3.47. The molecule has 0 saturated heterocycles. The van der Waals surface area contributed by atoms with Crippen LogP contribution >= 0.6 is 0 Å². The van der Waals surface area contributed by atoms with Crippen molar-refractivity contribution in [2.75, 3.05) is 0 Å². The Kier molecular flexibility index (Phi) is 6.32. The monoisotopic (exact) mass is 442 g/mol. The Labute approximate surface area is 194 Å². The summed E-state index contributed by atoms with van der Waals surface area (Å²) in [5, 5.41) is 0. The average Bonchev–Trinajstić information content (AvgIpc) is 2.76. The molecular formula is C28H30N2O3. The summed E-state index contributed by atoms with van der Waals surface area (Å²) in [5.41, 5.74) is 5.28. The number of esters is 1. The van der Waals surface area contributed by atoms with Gasteiger partial charge in [0.05, 0.1) is 11.7 Å². The molecule has 33 heavy (non-hydrogen) atoms. The summed E-state index contributed by atoms with van der Waals surface area (Å²) in [6, 6.07) is 10.9. The Balaban J connectivity index is 1.71. The molecule has 2 aliphatic carbocycles. The highest BCUT2D eigenvalue weighted by atomic mass is 16.5. The summed E-state index contributed by atoms with van der Waals surface area (Å²) >= 11 is 0. The van der Waals surface area contributed by atoms with E-state index in [0.717, 1.165) is 29.7 Å². The first-order valence-electron chi connectivity index (χ1n) is 11.4. The molecular weight excluding hydrogens is 412 g/mol. The molecule has 0 fully saturated rings. The summed E-state index contributed by atoms with van der Waals surface area (Å²) in [6.07, 6.45) is 11.4. The van der Waals surface area contributed by atoms with Crippen molar-refractivity contribution in [3.05, 3.63) is 98.5 Å². The van der Waals surface area contributed by atoms with Crippen molar-refractivity contribution >= 4 is 18.3 Å². The van der Waals surface area contributed by atoms with Gasteiger partial charge < -0.3 is 9.72 Å². The highest BCUT2D eigenvalue weighted by molar-refractivity contribution is 5.94. The Morgan fingerprint density at radius 1 is 1.24 bits per heavy atom. The van der Waals surface area contributed by atoms with Crippen molar-refractivity contribution in [1.82, 2.24) is 4.98 Å². The summed E-state index contributed by atoms with van der Waals surface area (Å²) in [6.45, 7) is 7.88. The van der Waals surface area contributed by atoms with E-state index in [4.69, 9.17) is 9.73 Å². The molecule has 1 aromatic carbocycles. The van der Waals surface area contributed by atoms with Gasteiger partial charge in [0.25, 0.3) is 0 Å². The summed E-state index contributed by atoms with van der Waals surface area (Å²) in [7, 11) is 0. The predicted molar refractivity (Wildman–Crippen MR) is 133 cm³/mol. The lowest BCUT2D eigenvalue weighted by Gasteiger charge is -2.45. The Bertz CT molecular complexity index is 1250. The first kappa shape index (κ1) is 22.7. The fourth-order valence-corrected chi connectivity index (χ4v) is 5.08. The fraction of sp³-hybridized carbons (Fsp3) is 0.321. The zero-order valence-electron chi connectivity index (χ0n) is 19.6. The SMILES string of the molecule is C/C=C1\[C@H]2C=C(C)C[C@]1(/N=C/C=C/c1ccccc1C(=O)OC(C)C)c1ccc(=O)[nH]c1C2. The van der Waals surface area contributed by atoms with Gasteiger partial charge in [-0.15, -0.1) is 0 Å². The Morgan fingerprint density at radius 3 is 2.79 bits per heavy atom. The predicted octanol–water partition coefficient (Wildman–Crippen LogP) is 5.39. The van der Waals surface area contributed by atoms with Gasteiger partial charge in [0.2, 0.25) is 5.56 Å². The number of pyridine rings is 1. The van der Waals surface area contributed by atoms with Crippen LogP contribution in [0.1, 0.15) is 61.3 Å². The van der Waals surface area contributed by atoms with E-state index in [-0.39, 0.29) is 23.6 Å². The van der Waals surface area contributed by atoms with E-state index in [1.807, 2.05) is 56.5 Å². The molecule has 170 valence electrons. The number of aliphatic imine (C=N–C) groups is 1. The molecule has 4 rings (SSSR count). The number of nitrogens with zero attached hydrogens (tertiary/aromatic N) is 1. The van der Waals surface area contributed by atoms with E-state index < -0.39 is 5.54 Å². The highest BCUT2D eigenvalue weighted by Crippen LogP contribution is 2.51. The summed E-state index contributed by atoms with van der Waals surface area (Å²) < 4.78 is 5.37. The van der Waals surface area contributed by atoms with Gasteiger partial charge in [-0.2, -0.15) is 0 Å². The van der Waals surface area contributed by atoms with Crippen LogP contribution < -0.4 is 5.56 Å². The number of H-pyrrole nitrogens is 1.